The Morgan fingerprint density at radius 1 is 1.03 bits per heavy atom. The van der Waals surface area contributed by atoms with Crippen molar-refractivity contribution in [2.24, 2.45) is 0 Å². The highest BCUT2D eigenvalue weighted by Crippen LogP contribution is 2.39. The Bertz CT molecular complexity index is 1460. The second-order valence-corrected chi connectivity index (χ2v) is 10.4. The lowest BCUT2D eigenvalue weighted by Crippen LogP contribution is -2.42. The van der Waals surface area contributed by atoms with E-state index in [1.54, 1.807) is 24.3 Å². The highest BCUT2D eigenvalue weighted by Gasteiger charge is 2.33. The van der Waals surface area contributed by atoms with E-state index >= 15 is 0 Å². The molecule has 1 aliphatic heterocycles. The maximum atomic E-state index is 14.9. The first kappa shape index (κ1) is 23.4. The van der Waals surface area contributed by atoms with Crippen molar-refractivity contribution >= 4 is 33.2 Å². The van der Waals surface area contributed by atoms with Gasteiger partial charge >= 0.3 is 0 Å². The molecule has 3 aromatic carbocycles. The molecule has 0 aromatic heterocycles. The lowest BCUT2D eigenvalue weighted by Gasteiger charge is -2.24. The lowest BCUT2D eigenvalue weighted by molar-refractivity contribution is 0.0894. The van der Waals surface area contributed by atoms with Gasteiger partial charge in [-0.2, -0.15) is 0 Å². The number of para-hydroxylation sites is 1. The van der Waals surface area contributed by atoms with Gasteiger partial charge in [-0.3, -0.25) is 9.52 Å². The van der Waals surface area contributed by atoms with Crippen molar-refractivity contribution in [2.45, 2.75) is 36.3 Å². The molecule has 35 heavy (non-hydrogen) atoms. The minimum atomic E-state index is -4.64. The number of phenols is 1. The van der Waals surface area contributed by atoms with E-state index in [0.717, 1.165) is 24.6 Å². The van der Waals surface area contributed by atoms with Gasteiger partial charge in [-0.15, -0.1) is 0 Å². The molecule has 0 spiro atoms. The number of rotatable bonds is 0. The summed E-state index contributed by atoms with van der Waals surface area (Å²) in [4.78, 5) is 12.3. The van der Waals surface area contributed by atoms with Crippen molar-refractivity contribution in [1.82, 2.24) is 5.32 Å². The smallest absolute Gasteiger partial charge is 0.265 e. The first-order chi connectivity index (χ1) is 16.6. The number of carbonyl (C=O) groups excluding carboxylic acids is 1. The molecule has 7 nitrogen and oxygen atoms in total. The quantitative estimate of drug-likeness (QED) is 0.393. The third-order valence-corrected chi connectivity index (χ3v) is 7.77. The van der Waals surface area contributed by atoms with Gasteiger partial charge in [0.2, 0.25) is 0 Å². The number of hydrogen-bond donors (Lipinski definition) is 3. The highest BCUT2D eigenvalue weighted by atomic mass is 35.5. The van der Waals surface area contributed by atoms with Gasteiger partial charge in [0.25, 0.3) is 15.9 Å². The number of amides is 1. The van der Waals surface area contributed by atoms with E-state index in [-0.39, 0.29) is 21.7 Å². The third-order valence-electron chi connectivity index (χ3n) is 6.11. The zero-order valence-electron chi connectivity index (χ0n) is 18.0. The van der Waals surface area contributed by atoms with E-state index in [9.17, 15) is 27.1 Å². The van der Waals surface area contributed by atoms with E-state index in [1.165, 1.54) is 0 Å². The topological polar surface area (TPSA) is 105 Å². The van der Waals surface area contributed by atoms with E-state index in [2.05, 4.69) is 5.32 Å². The molecule has 2 aliphatic rings. The molecule has 0 saturated heterocycles. The molecule has 3 aromatic rings. The van der Waals surface area contributed by atoms with Crippen LogP contribution in [-0.4, -0.2) is 31.6 Å². The zero-order chi connectivity index (χ0) is 24.9. The van der Waals surface area contributed by atoms with E-state index in [1.807, 2.05) is 4.72 Å². The summed E-state index contributed by atoms with van der Waals surface area (Å²) in [5.41, 5.74) is -0.488. The number of benzene rings is 3. The summed E-state index contributed by atoms with van der Waals surface area (Å²) >= 11 is 6.02. The molecule has 3 N–H and O–H groups in total. The fourth-order valence-electron chi connectivity index (χ4n) is 4.38. The monoisotopic (exact) mass is 520 g/mol. The van der Waals surface area contributed by atoms with Crippen molar-refractivity contribution < 1.29 is 31.8 Å². The average molecular weight is 521 g/mol. The van der Waals surface area contributed by atoms with Gasteiger partial charge in [0.05, 0.1) is 16.8 Å². The minimum absolute atomic E-state index is 0.0934. The van der Waals surface area contributed by atoms with Crippen molar-refractivity contribution in [3.8, 4) is 22.6 Å². The van der Waals surface area contributed by atoms with Crippen LogP contribution in [0.15, 0.2) is 53.4 Å². The van der Waals surface area contributed by atoms with Crippen LogP contribution in [-0.2, 0) is 10.0 Å². The fourth-order valence-corrected chi connectivity index (χ4v) is 5.86. The van der Waals surface area contributed by atoms with Crippen LogP contribution in [0.25, 0.3) is 11.1 Å². The van der Waals surface area contributed by atoms with Gasteiger partial charge in [-0.05, 0) is 43.5 Å². The van der Waals surface area contributed by atoms with Crippen molar-refractivity contribution in [1.29, 1.82) is 0 Å². The standard InChI is InChI=1S/C24H19ClF2N2O5S/c25-15-8-12-9-22(23(15)30)35(32,33)29-19-10-14(16(26)11-17(19)27)13-4-1-2-6-20(13)34-21-7-3-5-18(21)28-24(12)31/h1-2,4,6,8-11,18,21,29-30H,3,5,7H2,(H,28,31). The van der Waals surface area contributed by atoms with Crippen molar-refractivity contribution in [3.05, 3.63) is 70.8 Å². The Balaban J connectivity index is 1.74. The van der Waals surface area contributed by atoms with Gasteiger partial charge < -0.3 is 15.2 Å². The third kappa shape index (κ3) is 4.28. The number of hydrogen-bond acceptors (Lipinski definition) is 5. The van der Waals surface area contributed by atoms with Crippen LogP contribution in [0.1, 0.15) is 29.6 Å². The second-order valence-electron chi connectivity index (χ2n) is 8.39. The number of aromatic hydroxyl groups is 1. The maximum absolute atomic E-state index is 14.9. The summed E-state index contributed by atoms with van der Waals surface area (Å²) in [6.45, 7) is 0. The molecule has 1 saturated carbocycles. The van der Waals surface area contributed by atoms with Crippen LogP contribution >= 0.6 is 11.6 Å². The molecule has 182 valence electrons. The Morgan fingerprint density at radius 2 is 1.80 bits per heavy atom. The molecule has 1 aliphatic carbocycles. The van der Waals surface area contributed by atoms with Gasteiger partial charge in [0.15, 0.2) is 5.75 Å². The minimum Gasteiger partial charge on any atom is -0.505 e. The number of carbonyl (C=O) groups is 1. The Kier molecular flexibility index (Phi) is 5.80. The maximum Gasteiger partial charge on any atom is 0.265 e. The van der Waals surface area contributed by atoms with Crippen LogP contribution in [0.4, 0.5) is 14.5 Å². The number of sulfonamides is 1. The molecule has 4 bridgehead atoms. The molecule has 1 heterocycles. The second kappa shape index (κ2) is 8.69. The van der Waals surface area contributed by atoms with Gasteiger partial charge in [0, 0.05) is 22.8 Å². The fraction of sp³-hybridized carbons (Fsp3) is 0.208. The molecule has 1 amide bonds. The number of halogens is 3. The number of ether oxygens (including phenoxy) is 1. The normalized spacial score (nSPS) is 20.8. The predicted octanol–water partition coefficient (Wildman–Crippen LogP) is 4.83. The van der Waals surface area contributed by atoms with Crippen LogP contribution in [0, 0.1) is 11.6 Å². The van der Waals surface area contributed by atoms with Crippen molar-refractivity contribution in [3.63, 3.8) is 0 Å². The lowest BCUT2D eigenvalue weighted by atomic mass is 10.0. The summed E-state index contributed by atoms with van der Waals surface area (Å²) in [5, 5.41) is 12.8. The molecule has 2 atom stereocenters. The number of nitrogens with one attached hydrogen (secondary N) is 2. The highest BCUT2D eigenvalue weighted by molar-refractivity contribution is 7.92. The van der Waals surface area contributed by atoms with Crippen LogP contribution in [0.3, 0.4) is 0 Å². The van der Waals surface area contributed by atoms with E-state index < -0.39 is 56.0 Å². The van der Waals surface area contributed by atoms with Crippen molar-refractivity contribution in [2.75, 3.05) is 4.72 Å². The Morgan fingerprint density at radius 3 is 2.60 bits per heavy atom. The number of anilines is 1. The Labute approximate surface area is 204 Å². The molecule has 1 fully saturated rings. The summed E-state index contributed by atoms with van der Waals surface area (Å²) in [6, 6.07) is 9.77. The number of phenolic OH excluding ortho intramolecular Hbond substituents is 1. The van der Waals surface area contributed by atoms with Crippen LogP contribution < -0.4 is 14.8 Å². The van der Waals surface area contributed by atoms with Gasteiger partial charge in [-0.25, -0.2) is 17.2 Å². The predicted molar refractivity (Wildman–Crippen MR) is 125 cm³/mol. The molecule has 2 unspecified atom stereocenters. The SMILES string of the molecule is O=C1NC2CCCC2Oc2ccccc2-c2cc(c(F)cc2F)NS(=O)(=O)c2cc1cc(Cl)c2O. The summed E-state index contributed by atoms with van der Waals surface area (Å²) in [5.74, 6) is -3.23. The van der Waals surface area contributed by atoms with Crippen LogP contribution in [0.5, 0.6) is 11.5 Å². The molecule has 0 radical (unpaired) electrons. The molecule has 11 heteroatoms. The first-order valence-corrected chi connectivity index (χ1v) is 12.6. The van der Waals surface area contributed by atoms with E-state index in [0.29, 0.717) is 24.7 Å². The van der Waals surface area contributed by atoms with E-state index in [4.69, 9.17) is 16.3 Å². The summed E-state index contributed by atoms with van der Waals surface area (Å²) in [6.07, 6.45) is 1.54. The summed E-state index contributed by atoms with van der Waals surface area (Å²) < 4.78 is 64.0. The van der Waals surface area contributed by atoms with Gasteiger partial charge in [0.1, 0.15) is 28.4 Å². The number of fused-ring (bicyclic) bond motifs is 7. The van der Waals surface area contributed by atoms with Gasteiger partial charge in [-0.1, -0.05) is 29.8 Å². The zero-order valence-corrected chi connectivity index (χ0v) is 19.6. The molecule has 5 rings (SSSR count). The average Bonchev–Trinajstić information content (AvgIpc) is 3.23. The summed E-state index contributed by atoms with van der Waals surface area (Å²) in [7, 11) is -4.64. The molecular formula is C24H19ClF2N2O5S. The van der Waals surface area contributed by atoms with Crippen LogP contribution in [0.2, 0.25) is 5.02 Å². The largest absolute Gasteiger partial charge is 0.505 e. The Hall–Kier alpha value is -3.37. The molecular weight excluding hydrogens is 502 g/mol. The first-order valence-electron chi connectivity index (χ1n) is 10.8.